The predicted molar refractivity (Wildman–Crippen MR) is 63.3 cm³/mol. The lowest BCUT2D eigenvalue weighted by Crippen LogP contribution is -2.39. The lowest BCUT2D eigenvalue weighted by atomic mass is 9.99. The molecule has 1 aliphatic rings. The number of piperidine rings is 1. The Morgan fingerprint density at radius 1 is 1.31 bits per heavy atom. The van der Waals surface area contributed by atoms with Gasteiger partial charge in [-0.2, -0.15) is 5.10 Å². The van der Waals surface area contributed by atoms with Gasteiger partial charge in [-0.3, -0.25) is 0 Å². The predicted octanol–water partition coefficient (Wildman–Crippen LogP) is 0.664. The first-order valence-corrected chi connectivity index (χ1v) is 5.83. The van der Waals surface area contributed by atoms with E-state index in [1.165, 1.54) is 6.42 Å². The van der Waals surface area contributed by atoms with Gasteiger partial charge < -0.3 is 10.6 Å². The summed E-state index contributed by atoms with van der Waals surface area (Å²) in [6, 6.07) is 0. The number of hydrogen-bond donors (Lipinski definition) is 1. The van der Waals surface area contributed by atoms with Gasteiger partial charge in [-0.1, -0.05) is 0 Å². The maximum Gasteiger partial charge on any atom is 0.245 e. The van der Waals surface area contributed by atoms with Gasteiger partial charge in [-0.15, -0.1) is 5.10 Å². The first kappa shape index (κ1) is 11.3. The van der Waals surface area contributed by atoms with Gasteiger partial charge in [0.05, 0.1) is 11.4 Å². The average molecular weight is 221 g/mol. The van der Waals surface area contributed by atoms with Crippen molar-refractivity contribution in [2.24, 2.45) is 11.7 Å². The Bertz CT molecular complexity index is 365. The molecule has 2 heterocycles. The summed E-state index contributed by atoms with van der Waals surface area (Å²) in [4.78, 5) is 6.67. The zero-order valence-electron chi connectivity index (χ0n) is 9.98. The van der Waals surface area contributed by atoms with Gasteiger partial charge >= 0.3 is 0 Å². The molecule has 1 fully saturated rings. The van der Waals surface area contributed by atoms with Crippen molar-refractivity contribution in [3.63, 3.8) is 0 Å². The van der Waals surface area contributed by atoms with Crippen molar-refractivity contribution in [3.8, 4) is 0 Å². The zero-order valence-corrected chi connectivity index (χ0v) is 9.98. The highest BCUT2D eigenvalue weighted by molar-refractivity contribution is 5.30. The molecule has 1 unspecified atom stereocenters. The number of aromatic nitrogens is 3. The number of aryl methyl sites for hydroxylation is 2. The number of nitrogens with two attached hydrogens (primary N) is 1. The minimum absolute atomic E-state index is 0.568. The van der Waals surface area contributed by atoms with Crippen LogP contribution in [0.15, 0.2) is 0 Å². The van der Waals surface area contributed by atoms with Crippen molar-refractivity contribution < 1.29 is 0 Å². The summed E-state index contributed by atoms with van der Waals surface area (Å²) in [7, 11) is 0. The lowest BCUT2D eigenvalue weighted by molar-refractivity contribution is 0.418. The van der Waals surface area contributed by atoms with Gasteiger partial charge in [0, 0.05) is 13.1 Å². The van der Waals surface area contributed by atoms with Crippen molar-refractivity contribution in [1.29, 1.82) is 0 Å². The highest BCUT2D eigenvalue weighted by Crippen LogP contribution is 2.19. The minimum Gasteiger partial charge on any atom is -0.339 e. The highest BCUT2D eigenvalue weighted by Gasteiger charge is 2.21. The molecule has 0 spiro atoms. The molecule has 0 aliphatic carbocycles. The molecular formula is C11H19N5. The van der Waals surface area contributed by atoms with Gasteiger partial charge in [0.15, 0.2) is 0 Å². The third kappa shape index (κ3) is 2.29. The van der Waals surface area contributed by atoms with Crippen LogP contribution in [0.1, 0.15) is 24.2 Å². The van der Waals surface area contributed by atoms with Crippen LogP contribution in [-0.2, 0) is 0 Å². The first-order valence-electron chi connectivity index (χ1n) is 5.83. The van der Waals surface area contributed by atoms with Crippen LogP contribution in [0.5, 0.6) is 0 Å². The molecule has 1 aromatic rings. The molecule has 5 nitrogen and oxygen atoms in total. The number of hydrogen-bond acceptors (Lipinski definition) is 5. The van der Waals surface area contributed by atoms with Gasteiger partial charge in [-0.05, 0) is 39.2 Å². The maximum atomic E-state index is 5.71. The van der Waals surface area contributed by atoms with Gasteiger partial charge in [0.2, 0.25) is 5.95 Å². The fourth-order valence-electron chi connectivity index (χ4n) is 2.02. The van der Waals surface area contributed by atoms with Gasteiger partial charge in [0.1, 0.15) is 0 Å². The summed E-state index contributed by atoms with van der Waals surface area (Å²) in [5.74, 6) is 1.32. The minimum atomic E-state index is 0.568. The van der Waals surface area contributed by atoms with Gasteiger partial charge in [-0.25, -0.2) is 4.98 Å². The Hall–Kier alpha value is -1.23. The maximum absolute atomic E-state index is 5.71. The van der Waals surface area contributed by atoms with E-state index in [1.54, 1.807) is 0 Å². The smallest absolute Gasteiger partial charge is 0.245 e. The van der Waals surface area contributed by atoms with Crippen LogP contribution < -0.4 is 10.6 Å². The van der Waals surface area contributed by atoms with Crippen LogP contribution in [0.3, 0.4) is 0 Å². The molecule has 5 heteroatoms. The molecule has 0 bridgehead atoms. The summed E-state index contributed by atoms with van der Waals surface area (Å²) in [6.45, 7) is 6.62. The molecule has 0 amide bonds. The Labute approximate surface area is 96.1 Å². The standard InChI is InChI=1S/C11H19N5/c1-8-9(2)14-15-11(13-8)16-5-3-4-10(6-12)7-16/h10H,3-7,12H2,1-2H3. The van der Waals surface area contributed by atoms with E-state index in [-0.39, 0.29) is 0 Å². The summed E-state index contributed by atoms with van der Waals surface area (Å²) in [5.41, 5.74) is 7.57. The lowest BCUT2D eigenvalue weighted by Gasteiger charge is -2.31. The second-order valence-electron chi connectivity index (χ2n) is 4.47. The molecule has 0 radical (unpaired) electrons. The van der Waals surface area contributed by atoms with Crippen LogP contribution in [0.25, 0.3) is 0 Å². The topological polar surface area (TPSA) is 67.9 Å². The quantitative estimate of drug-likeness (QED) is 0.794. The van der Waals surface area contributed by atoms with Crippen LogP contribution in [-0.4, -0.2) is 34.8 Å². The Morgan fingerprint density at radius 2 is 2.12 bits per heavy atom. The average Bonchev–Trinajstić information content (AvgIpc) is 2.33. The van der Waals surface area contributed by atoms with Gasteiger partial charge in [0.25, 0.3) is 0 Å². The van der Waals surface area contributed by atoms with Crippen LogP contribution >= 0.6 is 0 Å². The van der Waals surface area contributed by atoms with E-state index < -0.39 is 0 Å². The Balaban J connectivity index is 2.13. The largest absolute Gasteiger partial charge is 0.339 e. The van der Waals surface area contributed by atoms with E-state index in [9.17, 15) is 0 Å². The third-order valence-electron chi connectivity index (χ3n) is 3.22. The molecule has 1 aromatic heterocycles. The summed E-state index contributed by atoms with van der Waals surface area (Å²) < 4.78 is 0. The SMILES string of the molecule is Cc1nnc(N2CCCC(CN)C2)nc1C. The second-order valence-corrected chi connectivity index (χ2v) is 4.47. The molecule has 16 heavy (non-hydrogen) atoms. The van der Waals surface area contributed by atoms with Crippen molar-refractivity contribution in [2.45, 2.75) is 26.7 Å². The first-order chi connectivity index (χ1) is 7.70. The Kier molecular flexibility index (Phi) is 3.33. The number of anilines is 1. The second kappa shape index (κ2) is 4.74. The molecule has 2 rings (SSSR count). The van der Waals surface area contributed by atoms with E-state index in [4.69, 9.17) is 5.73 Å². The fourth-order valence-corrected chi connectivity index (χ4v) is 2.02. The number of rotatable bonds is 2. The summed E-state index contributed by atoms with van der Waals surface area (Å²) in [5, 5.41) is 8.27. The van der Waals surface area contributed by atoms with Crippen molar-refractivity contribution in [1.82, 2.24) is 15.2 Å². The van der Waals surface area contributed by atoms with Crippen molar-refractivity contribution in [2.75, 3.05) is 24.5 Å². The van der Waals surface area contributed by atoms with Crippen LogP contribution in [0, 0.1) is 19.8 Å². The van der Waals surface area contributed by atoms with Crippen LogP contribution in [0.4, 0.5) is 5.95 Å². The molecule has 1 aliphatic heterocycles. The Morgan fingerprint density at radius 3 is 2.81 bits per heavy atom. The summed E-state index contributed by atoms with van der Waals surface area (Å²) >= 11 is 0. The van der Waals surface area contributed by atoms with E-state index in [1.807, 2.05) is 13.8 Å². The van der Waals surface area contributed by atoms with Crippen molar-refractivity contribution in [3.05, 3.63) is 11.4 Å². The molecule has 2 N–H and O–H groups in total. The molecule has 0 aromatic carbocycles. The molecule has 1 atom stereocenters. The van der Waals surface area contributed by atoms with E-state index in [0.29, 0.717) is 5.92 Å². The molecule has 1 saturated heterocycles. The molecular weight excluding hydrogens is 202 g/mol. The molecule has 88 valence electrons. The third-order valence-corrected chi connectivity index (χ3v) is 3.22. The zero-order chi connectivity index (χ0) is 11.5. The van der Waals surface area contributed by atoms with Crippen LogP contribution in [0.2, 0.25) is 0 Å². The van der Waals surface area contributed by atoms with E-state index in [0.717, 1.165) is 43.4 Å². The summed E-state index contributed by atoms with van der Waals surface area (Å²) in [6.07, 6.45) is 2.38. The number of nitrogens with zero attached hydrogens (tertiary/aromatic N) is 4. The van der Waals surface area contributed by atoms with E-state index >= 15 is 0 Å². The van der Waals surface area contributed by atoms with Crippen molar-refractivity contribution >= 4 is 5.95 Å². The normalized spacial score (nSPS) is 21.2. The fraction of sp³-hybridized carbons (Fsp3) is 0.727. The molecule has 0 saturated carbocycles. The highest BCUT2D eigenvalue weighted by atomic mass is 15.3. The van der Waals surface area contributed by atoms with E-state index in [2.05, 4.69) is 20.1 Å². The monoisotopic (exact) mass is 221 g/mol.